The first-order valence-electron chi connectivity index (χ1n) is 7.79. The van der Waals surface area contributed by atoms with Crippen LogP contribution in [-0.4, -0.2) is 32.0 Å². The van der Waals surface area contributed by atoms with Crippen LogP contribution in [0.5, 0.6) is 11.5 Å². The SMILES string of the molecule is COc1ccc(C(C)NCC2CCCCC2O)cc1OC. The topological polar surface area (TPSA) is 50.7 Å². The normalized spacial score (nSPS) is 23.6. The molecule has 4 nitrogen and oxygen atoms in total. The van der Waals surface area contributed by atoms with E-state index in [4.69, 9.17) is 9.47 Å². The minimum atomic E-state index is -0.149. The van der Waals surface area contributed by atoms with Gasteiger partial charge in [0, 0.05) is 12.6 Å². The van der Waals surface area contributed by atoms with Crippen LogP contribution in [0.25, 0.3) is 0 Å². The summed E-state index contributed by atoms with van der Waals surface area (Å²) in [5.41, 5.74) is 1.16. The predicted octanol–water partition coefficient (Wildman–Crippen LogP) is 2.91. The van der Waals surface area contributed by atoms with E-state index in [0.717, 1.165) is 42.9 Å². The second kappa shape index (κ2) is 7.66. The summed E-state index contributed by atoms with van der Waals surface area (Å²) in [6, 6.07) is 6.21. The second-order valence-corrected chi connectivity index (χ2v) is 5.86. The van der Waals surface area contributed by atoms with E-state index in [2.05, 4.69) is 18.3 Å². The molecule has 0 heterocycles. The van der Waals surface area contributed by atoms with E-state index in [0.29, 0.717) is 5.92 Å². The number of hydrogen-bond acceptors (Lipinski definition) is 4. The molecule has 3 atom stereocenters. The summed E-state index contributed by atoms with van der Waals surface area (Å²) >= 11 is 0. The Morgan fingerprint density at radius 2 is 1.90 bits per heavy atom. The standard InChI is InChI=1S/C17H27NO3/c1-12(18-11-14-6-4-5-7-15(14)19)13-8-9-16(20-2)17(10-13)21-3/h8-10,12,14-15,18-19H,4-7,11H2,1-3H3. The van der Waals surface area contributed by atoms with Gasteiger partial charge in [-0.05, 0) is 43.4 Å². The van der Waals surface area contributed by atoms with Crippen LogP contribution in [0.1, 0.15) is 44.2 Å². The number of methoxy groups -OCH3 is 2. The highest BCUT2D eigenvalue weighted by atomic mass is 16.5. The van der Waals surface area contributed by atoms with Crippen molar-refractivity contribution in [1.29, 1.82) is 0 Å². The molecule has 0 aromatic heterocycles. The molecular formula is C17H27NO3. The van der Waals surface area contributed by atoms with Gasteiger partial charge in [-0.2, -0.15) is 0 Å². The predicted molar refractivity (Wildman–Crippen MR) is 83.9 cm³/mol. The zero-order chi connectivity index (χ0) is 15.2. The molecule has 118 valence electrons. The fraction of sp³-hybridized carbons (Fsp3) is 0.647. The highest BCUT2D eigenvalue weighted by molar-refractivity contribution is 5.43. The van der Waals surface area contributed by atoms with Gasteiger partial charge >= 0.3 is 0 Å². The molecule has 3 unspecified atom stereocenters. The number of benzene rings is 1. The number of aliphatic hydroxyl groups is 1. The third-order valence-electron chi connectivity index (χ3n) is 4.46. The Hall–Kier alpha value is -1.26. The number of rotatable bonds is 6. The van der Waals surface area contributed by atoms with Gasteiger partial charge in [0.25, 0.3) is 0 Å². The lowest BCUT2D eigenvalue weighted by atomic mass is 9.86. The van der Waals surface area contributed by atoms with Gasteiger partial charge in [-0.15, -0.1) is 0 Å². The Balaban J connectivity index is 1.95. The molecule has 0 radical (unpaired) electrons. The van der Waals surface area contributed by atoms with Gasteiger partial charge in [-0.3, -0.25) is 0 Å². The quantitative estimate of drug-likeness (QED) is 0.847. The number of nitrogens with one attached hydrogen (secondary N) is 1. The zero-order valence-electron chi connectivity index (χ0n) is 13.3. The molecule has 1 aliphatic rings. The van der Waals surface area contributed by atoms with Crippen molar-refractivity contribution >= 4 is 0 Å². The summed E-state index contributed by atoms with van der Waals surface area (Å²) < 4.78 is 10.6. The van der Waals surface area contributed by atoms with Gasteiger partial charge in [-0.25, -0.2) is 0 Å². The van der Waals surface area contributed by atoms with Gasteiger partial charge < -0.3 is 19.9 Å². The van der Waals surface area contributed by atoms with E-state index in [-0.39, 0.29) is 12.1 Å². The lowest BCUT2D eigenvalue weighted by molar-refractivity contribution is 0.0684. The van der Waals surface area contributed by atoms with E-state index in [1.54, 1.807) is 14.2 Å². The summed E-state index contributed by atoms with van der Waals surface area (Å²) in [7, 11) is 3.29. The van der Waals surface area contributed by atoms with Gasteiger partial charge in [-0.1, -0.05) is 18.9 Å². The minimum absolute atomic E-state index is 0.149. The first-order valence-corrected chi connectivity index (χ1v) is 7.79. The van der Waals surface area contributed by atoms with E-state index in [1.165, 1.54) is 6.42 Å². The van der Waals surface area contributed by atoms with Crippen molar-refractivity contribution in [2.24, 2.45) is 5.92 Å². The summed E-state index contributed by atoms with van der Waals surface area (Å²) in [5.74, 6) is 1.87. The number of aliphatic hydroxyl groups excluding tert-OH is 1. The Labute approximate surface area is 127 Å². The van der Waals surface area contributed by atoms with Crippen LogP contribution in [0.15, 0.2) is 18.2 Å². The van der Waals surface area contributed by atoms with E-state index in [9.17, 15) is 5.11 Å². The molecule has 0 amide bonds. The average Bonchev–Trinajstić information content (AvgIpc) is 2.53. The second-order valence-electron chi connectivity index (χ2n) is 5.86. The van der Waals surface area contributed by atoms with Gasteiger partial charge in [0.1, 0.15) is 0 Å². The molecule has 1 aromatic rings. The van der Waals surface area contributed by atoms with Crippen LogP contribution in [0.2, 0.25) is 0 Å². The molecule has 2 rings (SSSR count). The maximum absolute atomic E-state index is 10.0. The zero-order valence-corrected chi connectivity index (χ0v) is 13.3. The summed E-state index contributed by atoms with van der Waals surface area (Å²) in [5, 5.41) is 13.6. The molecule has 2 N–H and O–H groups in total. The average molecular weight is 293 g/mol. The third-order valence-corrected chi connectivity index (χ3v) is 4.46. The van der Waals surface area contributed by atoms with Crippen LogP contribution < -0.4 is 14.8 Å². The van der Waals surface area contributed by atoms with Gasteiger partial charge in [0.2, 0.25) is 0 Å². The molecule has 1 aromatic carbocycles. The van der Waals surface area contributed by atoms with Crippen LogP contribution in [0.3, 0.4) is 0 Å². The molecule has 0 saturated heterocycles. The minimum Gasteiger partial charge on any atom is -0.493 e. The highest BCUT2D eigenvalue weighted by Gasteiger charge is 2.23. The first-order chi connectivity index (χ1) is 10.2. The molecule has 21 heavy (non-hydrogen) atoms. The first kappa shape index (κ1) is 16.1. The van der Waals surface area contributed by atoms with Crippen molar-refractivity contribution in [2.75, 3.05) is 20.8 Å². The Kier molecular flexibility index (Phi) is 5.88. The smallest absolute Gasteiger partial charge is 0.161 e. The third kappa shape index (κ3) is 4.11. The lowest BCUT2D eigenvalue weighted by Crippen LogP contribution is -2.34. The number of ether oxygens (including phenoxy) is 2. The molecule has 1 fully saturated rings. The monoisotopic (exact) mass is 293 g/mol. The van der Waals surface area contributed by atoms with E-state index >= 15 is 0 Å². The summed E-state index contributed by atoms with van der Waals surface area (Å²) in [6.07, 6.45) is 4.30. The van der Waals surface area contributed by atoms with Crippen LogP contribution in [-0.2, 0) is 0 Å². The Bertz CT molecular complexity index is 450. The molecule has 1 aliphatic carbocycles. The fourth-order valence-corrected chi connectivity index (χ4v) is 2.99. The molecular weight excluding hydrogens is 266 g/mol. The maximum atomic E-state index is 10.0. The van der Waals surface area contributed by atoms with Crippen molar-refractivity contribution in [3.05, 3.63) is 23.8 Å². The lowest BCUT2D eigenvalue weighted by Gasteiger charge is -2.29. The van der Waals surface area contributed by atoms with Crippen molar-refractivity contribution in [3.63, 3.8) is 0 Å². The van der Waals surface area contributed by atoms with Crippen molar-refractivity contribution in [2.45, 2.75) is 44.8 Å². The molecule has 0 aliphatic heterocycles. The van der Waals surface area contributed by atoms with Crippen LogP contribution in [0.4, 0.5) is 0 Å². The molecule has 0 bridgehead atoms. The largest absolute Gasteiger partial charge is 0.493 e. The molecule has 1 saturated carbocycles. The van der Waals surface area contributed by atoms with Crippen LogP contribution >= 0.6 is 0 Å². The van der Waals surface area contributed by atoms with E-state index < -0.39 is 0 Å². The molecule has 0 spiro atoms. The van der Waals surface area contributed by atoms with Crippen molar-refractivity contribution in [1.82, 2.24) is 5.32 Å². The highest BCUT2D eigenvalue weighted by Crippen LogP contribution is 2.30. The Morgan fingerprint density at radius 1 is 1.19 bits per heavy atom. The summed E-state index contributed by atoms with van der Waals surface area (Å²) in [6.45, 7) is 2.99. The van der Waals surface area contributed by atoms with Gasteiger partial charge in [0.15, 0.2) is 11.5 Å². The van der Waals surface area contributed by atoms with Crippen molar-refractivity contribution in [3.8, 4) is 11.5 Å². The van der Waals surface area contributed by atoms with Crippen LogP contribution in [0, 0.1) is 5.92 Å². The van der Waals surface area contributed by atoms with Gasteiger partial charge in [0.05, 0.1) is 20.3 Å². The maximum Gasteiger partial charge on any atom is 0.161 e. The Morgan fingerprint density at radius 3 is 2.57 bits per heavy atom. The summed E-state index contributed by atoms with van der Waals surface area (Å²) in [4.78, 5) is 0. The van der Waals surface area contributed by atoms with Crippen molar-refractivity contribution < 1.29 is 14.6 Å². The number of hydrogen-bond donors (Lipinski definition) is 2. The molecule has 4 heteroatoms. The fourth-order valence-electron chi connectivity index (χ4n) is 2.99. The van der Waals surface area contributed by atoms with E-state index in [1.807, 2.05) is 12.1 Å².